The number of fused-ring (bicyclic) bond motifs is 1. The van der Waals surface area contributed by atoms with Crippen molar-refractivity contribution in [2.75, 3.05) is 38.1 Å². The Morgan fingerprint density at radius 2 is 1.71 bits per heavy atom. The lowest BCUT2D eigenvalue weighted by Crippen LogP contribution is -2.63. The highest BCUT2D eigenvalue weighted by molar-refractivity contribution is 7.93. The van der Waals surface area contributed by atoms with Crippen LogP contribution in [0.25, 0.3) is 28.1 Å². The van der Waals surface area contributed by atoms with E-state index in [0.717, 1.165) is 48.2 Å². The maximum atomic E-state index is 13.1. The van der Waals surface area contributed by atoms with E-state index in [1.807, 2.05) is 12.1 Å². The molecule has 0 radical (unpaired) electrons. The van der Waals surface area contributed by atoms with Gasteiger partial charge in [0.15, 0.2) is 11.2 Å². The molecular formula is C30H37N5O6S. The average Bonchev–Trinajstić information content (AvgIpc) is 3.35. The highest BCUT2D eigenvalue weighted by Crippen LogP contribution is 2.30. The van der Waals surface area contributed by atoms with Gasteiger partial charge < -0.3 is 34.4 Å². The van der Waals surface area contributed by atoms with E-state index >= 15 is 0 Å². The Morgan fingerprint density at radius 1 is 1.02 bits per heavy atom. The van der Waals surface area contributed by atoms with Crippen molar-refractivity contribution in [1.29, 1.82) is 5.26 Å². The molecular weight excluding hydrogens is 558 g/mol. The third-order valence-corrected chi connectivity index (χ3v) is 9.61. The average molecular weight is 596 g/mol. The number of sulfonamides is 1. The van der Waals surface area contributed by atoms with Gasteiger partial charge in [-0.05, 0) is 66.2 Å². The Morgan fingerprint density at radius 3 is 2.40 bits per heavy atom. The third-order valence-electron chi connectivity index (χ3n) is 8.24. The Bertz CT molecular complexity index is 1620. The molecule has 12 heteroatoms. The van der Waals surface area contributed by atoms with Crippen molar-refractivity contribution in [3.8, 4) is 17.3 Å². The summed E-state index contributed by atoms with van der Waals surface area (Å²) in [6.07, 6.45) is -4.05. The maximum Gasteiger partial charge on any atom is 0.251 e. The second-order valence-corrected chi connectivity index (χ2v) is 12.6. The normalized spacial score (nSPS) is 26.0. The van der Waals surface area contributed by atoms with Gasteiger partial charge in [0.25, 0.3) is 10.0 Å². The SMILES string of the molecule is CC[C@H]1OC(O)[C@H](NS(=O)(=O)/C(C#N)=C/c2ccc(-c3ccc4cc(N5CCN(C)CC5)ccc4c3)n2C)[C@@H](O)[C@@H]1O. The number of nitrogens with one attached hydrogen (secondary N) is 1. The lowest BCUT2D eigenvalue weighted by atomic mass is 9.96. The molecule has 224 valence electrons. The first-order valence-corrected chi connectivity index (χ1v) is 15.5. The zero-order valence-corrected chi connectivity index (χ0v) is 24.7. The molecule has 1 aromatic heterocycles. The third kappa shape index (κ3) is 5.95. The van der Waals surface area contributed by atoms with Crippen LogP contribution in [0.2, 0.25) is 0 Å². The van der Waals surface area contributed by atoms with Gasteiger partial charge in [0.05, 0.1) is 6.10 Å². The van der Waals surface area contributed by atoms with Gasteiger partial charge in [0, 0.05) is 50.3 Å². The fourth-order valence-electron chi connectivity index (χ4n) is 5.57. The van der Waals surface area contributed by atoms with Crippen LogP contribution < -0.4 is 9.62 Å². The van der Waals surface area contributed by atoms with Crippen LogP contribution in [-0.2, 0) is 21.8 Å². The summed E-state index contributed by atoms with van der Waals surface area (Å²) in [6, 6.07) is 16.3. The van der Waals surface area contributed by atoms with E-state index in [9.17, 15) is 29.0 Å². The fraction of sp³-hybridized carbons (Fsp3) is 0.433. The summed E-state index contributed by atoms with van der Waals surface area (Å²) in [6.45, 7) is 5.76. The Hall–Kier alpha value is -3.28. The number of hydrogen-bond acceptors (Lipinski definition) is 9. The molecule has 0 aliphatic carbocycles. The molecule has 4 N–H and O–H groups in total. The van der Waals surface area contributed by atoms with E-state index in [1.54, 1.807) is 30.7 Å². The molecule has 3 aromatic rings. The van der Waals surface area contributed by atoms with Gasteiger partial charge in [0.1, 0.15) is 24.3 Å². The van der Waals surface area contributed by atoms with Crippen molar-refractivity contribution in [3.63, 3.8) is 0 Å². The van der Waals surface area contributed by atoms with Crippen LogP contribution in [0.15, 0.2) is 53.4 Å². The maximum absolute atomic E-state index is 13.1. The minimum Gasteiger partial charge on any atom is -0.388 e. The zero-order chi connectivity index (χ0) is 30.2. The Labute approximate surface area is 245 Å². The number of benzene rings is 2. The number of hydrogen-bond donors (Lipinski definition) is 4. The lowest BCUT2D eigenvalue weighted by molar-refractivity contribution is -0.244. The molecule has 3 heterocycles. The number of aromatic nitrogens is 1. The van der Waals surface area contributed by atoms with Crippen LogP contribution in [0, 0.1) is 11.3 Å². The van der Waals surface area contributed by atoms with Crippen LogP contribution in [-0.4, -0.2) is 97.1 Å². The van der Waals surface area contributed by atoms with Crippen LogP contribution in [0.1, 0.15) is 19.0 Å². The zero-order valence-electron chi connectivity index (χ0n) is 23.9. The number of aliphatic hydroxyl groups excluding tert-OH is 3. The van der Waals surface area contributed by atoms with E-state index in [1.165, 1.54) is 11.8 Å². The molecule has 0 bridgehead atoms. The molecule has 2 aliphatic rings. The van der Waals surface area contributed by atoms with Crippen molar-refractivity contribution in [3.05, 3.63) is 59.1 Å². The smallest absolute Gasteiger partial charge is 0.251 e. The highest BCUT2D eigenvalue weighted by Gasteiger charge is 2.45. The number of anilines is 1. The van der Waals surface area contributed by atoms with Gasteiger partial charge in [-0.3, -0.25) is 0 Å². The molecule has 0 spiro atoms. The summed E-state index contributed by atoms with van der Waals surface area (Å²) in [4.78, 5) is 4.11. The van der Waals surface area contributed by atoms with Gasteiger partial charge in [0.2, 0.25) is 0 Å². The van der Waals surface area contributed by atoms with Crippen LogP contribution >= 0.6 is 0 Å². The van der Waals surface area contributed by atoms with Crippen molar-refractivity contribution in [1.82, 2.24) is 14.2 Å². The number of piperazine rings is 1. The number of allylic oxidation sites excluding steroid dienone is 1. The minimum atomic E-state index is -4.48. The quantitative estimate of drug-likeness (QED) is 0.299. The van der Waals surface area contributed by atoms with Crippen molar-refractivity contribution < 1.29 is 28.5 Å². The highest BCUT2D eigenvalue weighted by atomic mass is 32.2. The molecule has 0 saturated carbocycles. The molecule has 5 atom stereocenters. The monoisotopic (exact) mass is 595 g/mol. The molecule has 11 nitrogen and oxygen atoms in total. The summed E-state index contributed by atoms with van der Waals surface area (Å²) >= 11 is 0. The molecule has 42 heavy (non-hydrogen) atoms. The second-order valence-electron chi connectivity index (χ2n) is 11.0. The minimum absolute atomic E-state index is 0.308. The van der Waals surface area contributed by atoms with Gasteiger partial charge in [-0.1, -0.05) is 25.1 Å². The number of nitrogens with zero attached hydrogens (tertiary/aromatic N) is 4. The van der Waals surface area contributed by atoms with Gasteiger partial charge >= 0.3 is 0 Å². The Kier molecular flexibility index (Phi) is 8.73. The first-order chi connectivity index (χ1) is 20.0. The molecule has 1 unspecified atom stereocenters. The summed E-state index contributed by atoms with van der Waals surface area (Å²) in [7, 11) is -0.567. The van der Waals surface area contributed by atoms with E-state index in [-0.39, 0.29) is 0 Å². The van der Waals surface area contributed by atoms with E-state index in [2.05, 4.69) is 51.9 Å². The van der Waals surface area contributed by atoms with Gasteiger partial charge in [-0.25, -0.2) is 8.42 Å². The first kappa shape index (κ1) is 30.2. The predicted molar refractivity (Wildman–Crippen MR) is 161 cm³/mol. The van der Waals surface area contributed by atoms with Gasteiger partial charge in [-0.2, -0.15) is 9.98 Å². The fourth-order valence-corrected chi connectivity index (χ4v) is 6.71. The van der Waals surface area contributed by atoms with Crippen LogP contribution in [0.3, 0.4) is 0 Å². The molecule has 2 fully saturated rings. The summed E-state index contributed by atoms with van der Waals surface area (Å²) in [5.41, 5.74) is 3.42. The largest absolute Gasteiger partial charge is 0.388 e. The topological polar surface area (TPSA) is 151 Å². The molecule has 5 rings (SSSR count). The number of nitriles is 1. The summed E-state index contributed by atoms with van der Waals surface area (Å²) in [5.74, 6) is 0. The van der Waals surface area contributed by atoms with Crippen molar-refractivity contribution >= 4 is 32.6 Å². The predicted octanol–water partition coefficient (Wildman–Crippen LogP) is 1.60. The van der Waals surface area contributed by atoms with E-state index in [4.69, 9.17) is 4.74 Å². The number of likely N-dealkylation sites (N-methyl/N-ethyl adjacent to an activating group) is 1. The van der Waals surface area contributed by atoms with Crippen molar-refractivity contribution in [2.45, 2.75) is 44.0 Å². The molecule has 2 saturated heterocycles. The Balaban J connectivity index is 1.37. The number of aliphatic hydroxyl groups is 3. The standard InChI is InChI=1S/C30H37N5O6S/c1-4-26-28(36)29(37)27(30(38)41-26)32-42(39,40)24(18-31)17-22-9-10-25(34(22)3)21-6-5-20-16-23(8-7-19(20)15-21)35-13-11-33(2)12-14-35/h5-10,15-17,26-30,32,36-38H,4,11-14H2,1-3H3/b24-17+/t26-,27-,28-,29-,30?/m1/s1. The number of rotatable bonds is 7. The first-order valence-electron chi connectivity index (χ1n) is 14.0. The van der Waals surface area contributed by atoms with Gasteiger partial charge in [-0.15, -0.1) is 0 Å². The van der Waals surface area contributed by atoms with Crippen LogP contribution in [0.5, 0.6) is 0 Å². The van der Waals surface area contributed by atoms with Crippen molar-refractivity contribution in [2.24, 2.45) is 7.05 Å². The van der Waals surface area contributed by atoms with E-state index < -0.39 is 45.6 Å². The molecule has 2 aliphatic heterocycles. The lowest BCUT2D eigenvalue weighted by Gasteiger charge is -2.40. The van der Waals surface area contributed by atoms with E-state index in [0.29, 0.717) is 12.1 Å². The van der Waals surface area contributed by atoms with Crippen LogP contribution in [0.4, 0.5) is 5.69 Å². The molecule has 0 amide bonds. The summed E-state index contributed by atoms with van der Waals surface area (Å²) < 4.78 is 35.4. The second kappa shape index (κ2) is 12.1. The number of ether oxygens (including phenoxy) is 1. The molecule has 2 aromatic carbocycles. The summed E-state index contributed by atoms with van der Waals surface area (Å²) in [5, 5.41) is 42.9.